The van der Waals surface area contributed by atoms with Gasteiger partial charge in [-0.25, -0.2) is 23.4 Å². The molecule has 0 radical (unpaired) electrons. The van der Waals surface area contributed by atoms with E-state index in [9.17, 15) is 19.2 Å². The quantitative estimate of drug-likeness (QED) is 0.127. The fourth-order valence-corrected chi connectivity index (χ4v) is 9.37. The Labute approximate surface area is 360 Å². The predicted octanol–water partition coefficient (Wildman–Crippen LogP) is 8.56. The average Bonchev–Trinajstić information content (AvgIpc) is 4.00. The van der Waals surface area contributed by atoms with Crippen LogP contribution in [0.2, 0.25) is 0 Å². The number of rotatable bonds is 10. The summed E-state index contributed by atoms with van der Waals surface area (Å²) in [4.78, 5) is 64.1. The fourth-order valence-electron chi connectivity index (χ4n) is 9.37. The number of hydrogen-bond donors (Lipinski definition) is 3. The summed E-state index contributed by atoms with van der Waals surface area (Å²) < 4.78 is 43.9. The number of benzene rings is 3. The number of hydrogen-bond acceptors (Lipinski definition) is 7. The number of nitrogens with zero attached hydrogens (tertiary/aromatic N) is 4. The smallest absolute Gasteiger partial charge is 0.407 e. The Morgan fingerprint density at radius 2 is 1.26 bits per heavy atom. The normalized spacial score (nSPS) is 20.0. The van der Waals surface area contributed by atoms with Crippen LogP contribution in [0.25, 0.3) is 44.2 Å². The summed E-state index contributed by atoms with van der Waals surface area (Å²) >= 11 is 0. The number of H-pyrrole nitrogens is 1. The van der Waals surface area contributed by atoms with Crippen LogP contribution in [0.15, 0.2) is 48.5 Å². The molecular weight excluding hydrogens is 797 g/mol. The minimum atomic E-state index is -0.783. The third kappa shape index (κ3) is 8.20. The molecule has 62 heavy (non-hydrogen) atoms. The number of ether oxygens (including phenoxy) is 2. The van der Waals surface area contributed by atoms with Crippen LogP contribution in [0.1, 0.15) is 83.5 Å². The lowest BCUT2D eigenvalue weighted by Crippen LogP contribution is -2.51. The van der Waals surface area contributed by atoms with Crippen molar-refractivity contribution >= 4 is 45.9 Å². The molecule has 7 rings (SSSR count). The van der Waals surface area contributed by atoms with E-state index in [4.69, 9.17) is 14.5 Å². The molecule has 15 heteroatoms. The van der Waals surface area contributed by atoms with Gasteiger partial charge in [-0.3, -0.25) is 9.59 Å². The lowest BCUT2D eigenvalue weighted by molar-refractivity contribution is -0.136. The number of aromatic nitrogens is 3. The van der Waals surface area contributed by atoms with Crippen molar-refractivity contribution in [3.63, 3.8) is 0 Å². The van der Waals surface area contributed by atoms with E-state index in [0.717, 1.165) is 28.6 Å². The number of likely N-dealkylation sites (tertiary alicyclic amines) is 2. The Morgan fingerprint density at radius 3 is 1.79 bits per heavy atom. The van der Waals surface area contributed by atoms with Crippen LogP contribution in [0.4, 0.5) is 18.4 Å². The summed E-state index contributed by atoms with van der Waals surface area (Å²) in [6, 6.07) is 11.0. The maximum atomic E-state index is 16.2. The molecule has 3 aromatic carbocycles. The Bertz CT molecular complexity index is 2370. The van der Waals surface area contributed by atoms with E-state index in [1.165, 1.54) is 26.4 Å². The van der Waals surface area contributed by atoms with E-state index in [1.807, 2.05) is 63.3 Å². The topological polar surface area (TPSA) is 151 Å². The molecule has 0 spiro atoms. The molecule has 4 amide bonds. The number of aromatic amines is 1. The molecule has 13 nitrogen and oxygen atoms in total. The van der Waals surface area contributed by atoms with E-state index in [1.54, 1.807) is 29.2 Å². The highest BCUT2D eigenvalue weighted by molar-refractivity contribution is 5.91. The highest BCUT2D eigenvalue weighted by atomic mass is 19.1. The van der Waals surface area contributed by atoms with Crippen molar-refractivity contribution < 1.29 is 37.4 Å². The second kappa shape index (κ2) is 17.4. The third-order valence-corrected chi connectivity index (χ3v) is 12.7. The highest BCUT2D eigenvalue weighted by Crippen LogP contribution is 2.42. The monoisotopic (exact) mass is 853 g/mol. The fraction of sp³-hybridized carbons (Fsp3) is 0.468. The lowest BCUT2D eigenvalue weighted by Gasteiger charge is -2.30. The number of halogens is 2. The minimum Gasteiger partial charge on any atom is -0.453 e. The predicted molar refractivity (Wildman–Crippen MR) is 233 cm³/mol. The van der Waals surface area contributed by atoms with Gasteiger partial charge in [-0.05, 0) is 96.5 Å². The molecule has 0 aliphatic carbocycles. The van der Waals surface area contributed by atoms with Crippen molar-refractivity contribution in [2.75, 3.05) is 27.3 Å². The number of nitrogens with one attached hydrogen (secondary N) is 3. The first kappa shape index (κ1) is 44.1. The SMILES string of the molecule is COC(=O)N[C@H](C(=O)N1C[C@@H](C)C[C@H]1c1[nH]c2ccc(-c3cc(F)c(-c4ccc5nc([C@@H]6C[C@H](C)CN6C(=O)[C@@H](NC(=O)OC)C(C)C)n(C)c5c4)cc3F)cc2c1C)C(C)C. The zero-order chi connectivity index (χ0) is 44.9. The number of methoxy groups -OCH3 is 2. The van der Waals surface area contributed by atoms with Gasteiger partial charge in [-0.2, -0.15) is 0 Å². The van der Waals surface area contributed by atoms with Crippen LogP contribution in [0, 0.1) is 42.2 Å². The molecule has 2 aliphatic rings. The number of alkyl carbamates (subject to hydrolysis) is 2. The molecule has 2 aliphatic heterocycles. The Hall–Kier alpha value is -5.99. The maximum Gasteiger partial charge on any atom is 0.407 e. The first-order valence-corrected chi connectivity index (χ1v) is 21.3. The first-order valence-electron chi connectivity index (χ1n) is 21.3. The summed E-state index contributed by atoms with van der Waals surface area (Å²) in [5.41, 5.74) is 5.10. The summed E-state index contributed by atoms with van der Waals surface area (Å²) in [7, 11) is 4.38. The number of carbonyl (C=O) groups is 4. The van der Waals surface area contributed by atoms with Crippen molar-refractivity contribution in [1.29, 1.82) is 0 Å². The zero-order valence-corrected chi connectivity index (χ0v) is 37.1. The minimum absolute atomic E-state index is 0.0959. The lowest BCUT2D eigenvalue weighted by atomic mass is 9.96. The number of aryl methyl sites for hydroxylation is 2. The second-order valence-electron chi connectivity index (χ2n) is 17.9. The van der Waals surface area contributed by atoms with Gasteiger partial charge in [0.15, 0.2) is 0 Å². The van der Waals surface area contributed by atoms with Gasteiger partial charge in [0.1, 0.15) is 29.5 Å². The van der Waals surface area contributed by atoms with Crippen LogP contribution in [-0.4, -0.2) is 87.7 Å². The van der Waals surface area contributed by atoms with Gasteiger partial charge in [-0.1, -0.05) is 53.7 Å². The first-order chi connectivity index (χ1) is 29.4. The van der Waals surface area contributed by atoms with Crippen LogP contribution < -0.4 is 10.6 Å². The summed E-state index contributed by atoms with van der Waals surface area (Å²) in [6.07, 6.45) is 0.0437. The molecular formula is C47H57F2N7O6. The number of fused-ring (bicyclic) bond motifs is 2. The van der Waals surface area contributed by atoms with Gasteiger partial charge >= 0.3 is 12.2 Å². The van der Waals surface area contributed by atoms with Gasteiger partial charge in [0.25, 0.3) is 0 Å². The van der Waals surface area contributed by atoms with E-state index in [0.29, 0.717) is 47.5 Å². The molecule has 330 valence electrons. The van der Waals surface area contributed by atoms with E-state index >= 15 is 8.78 Å². The standard InChI is InChI=1S/C47H57F2N7O6/c1-23(2)40(52-46(59)61-9)44(57)55-21-25(5)15-38(55)42-27(7)30-17-28(11-13-35(30)50-42)31-19-34(49)32(20-33(31)48)29-12-14-36-37(18-29)54(8)43(51-36)39-16-26(6)22-56(39)45(58)41(24(3)4)53-47(60)62-10/h11-14,17-20,23-26,38-41,50H,15-16,21-22H2,1-10H3,(H,52,59)(H,53,60)/t25-,26-,38-,39-,40-,41-/m0/s1. The summed E-state index contributed by atoms with van der Waals surface area (Å²) in [5, 5.41) is 6.22. The molecule has 2 fully saturated rings. The number of carbonyl (C=O) groups excluding carboxylic acids is 4. The molecule has 3 N–H and O–H groups in total. The molecule has 4 heterocycles. The summed E-state index contributed by atoms with van der Waals surface area (Å²) in [5.74, 6) is -0.888. The number of amides is 4. The van der Waals surface area contributed by atoms with Crippen molar-refractivity contribution in [2.45, 2.75) is 85.5 Å². The summed E-state index contributed by atoms with van der Waals surface area (Å²) in [6.45, 7) is 14.6. The second-order valence-corrected chi connectivity index (χ2v) is 17.9. The Morgan fingerprint density at radius 1 is 0.758 bits per heavy atom. The van der Waals surface area contributed by atoms with Gasteiger partial charge in [0.2, 0.25) is 11.8 Å². The van der Waals surface area contributed by atoms with Crippen LogP contribution >= 0.6 is 0 Å². The molecule has 0 bridgehead atoms. The van der Waals surface area contributed by atoms with Crippen molar-refractivity contribution in [3.05, 3.63) is 77.2 Å². The molecule has 0 unspecified atom stereocenters. The van der Waals surface area contributed by atoms with Gasteiger partial charge in [0.05, 0.1) is 37.3 Å². The third-order valence-electron chi connectivity index (χ3n) is 12.7. The molecule has 6 atom stereocenters. The highest BCUT2D eigenvalue weighted by Gasteiger charge is 2.42. The Kier molecular flexibility index (Phi) is 12.4. The van der Waals surface area contributed by atoms with Gasteiger partial charge in [0, 0.05) is 47.9 Å². The van der Waals surface area contributed by atoms with Crippen LogP contribution in [-0.2, 0) is 26.1 Å². The molecule has 2 saturated heterocycles. The largest absolute Gasteiger partial charge is 0.453 e. The van der Waals surface area contributed by atoms with Crippen LogP contribution in [0.5, 0.6) is 0 Å². The molecule has 5 aromatic rings. The van der Waals surface area contributed by atoms with E-state index < -0.39 is 35.9 Å². The van der Waals surface area contributed by atoms with Crippen LogP contribution in [0.3, 0.4) is 0 Å². The van der Waals surface area contributed by atoms with E-state index in [-0.39, 0.29) is 58.7 Å². The van der Waals surface area contributed by atoms with Crippen molar-refractivity contribution in [2.24, 2.45) is 30.7 Å². The Balaban J connectivity index is 1.17. The number of imidazole rings is 1. The van der Waals surface area contributed by atoms with Gasteiger partial charge < -0.3 is 39.5 Å². The van der Waals surface area contributed by atoms with Crippen molar-refractivity contribution in [3.8, 4) is 22.3 Å². The zero-order valence-electron chi connectivity index (χ0n) is 37.1. The van der Waals surface area contributed by atoms with Crippen molar-refractivity contribution in [1.82, 2.24) is 35.0 Å². The molecule has 2 aromatic heterocycles. The van der Waals surface area contributed by atoms with Gasteiger partial charge in [-0.15, -0.1) is 0 Å². The maximum absolute atomic E-state index is 16.2. The average molecular weight is 854 g/mol. The van der Waals surface area contributed by atoms with E-state index in [2.05, 4.69) is 29.5 Å². The molecule has 0 saturated carbocycles.